The number of aromatic hydroxyl groups is 1. The summed E-state index contributed by atoms with van der Waals surface area (Å²) >= 11 is 0. The molecule has 20 heavy (non-hydrogen) atoms. The molecule has 3 nitrogen and oxygen atoms in total. The predicted molar refractivity (Wildman–Crippen MR) is 84.2 cm³/mol. The van der Waals surface area contributed by atoms with Gasteiger partial charge in [0.05, 0.1) is 0 Å². The Bertz CT molecular complexity index is 410. The molecule has 1 atom stereocenters. The van der Waals surface area contributed by atoms with E-state index >= 15 is 0 Å². The summed E-state index contributed by atoms with van der Waals surface area (Å²) in [6.07, 6.45) is 6.19. The topological polar surface area (TPSA) is 35.5 Å². The fourth-order valence-corrected chi connectivity index (χ4v) is 2.88. The lowest BCUT2D eigenvalue weighted by Crippen LogP contribution is -2.57. The molecule has 0 bridgehead atoms. The molecule has 2 rings (SSSR count). The van der Waals surface area contributed by atoms with E-state index in [0.717, 1.165) is 19.4 Å². The average molecular weight is 276 g/mol. The molecule has 1 fully saturated rings. The standard InChI is InChI=1S/C17H28N2O/c1-14(5-6-15-7-9-16(20)10-8-15)18-13-17(19(2)3)11-4-12-17/h7-10,14,18,20H,4-6,11-13H2,1-3H3. The average Bonchev–Trinajstić information content (AvgIpc) is 2.36. The van der Waals surface area contributed by atoms with Gasteiger partial charge in [-0.2, -0.15) is 0 Å². The third kappa shape index (κ3) is 3.74. The van der Waals surface area contributed by atoms with Gasteiger partial charge in [0.2, 0.25) is 0 Å². The Morgan fingerprint density at radius 2 is 1.90 bits per heavy atom. The molecule has 1 aromatic rings. The lowest BCUT2D eigenvalue weighted by atomic mass is 9.75. The quantitative estimate of drug-likeness (QED) is 0.804. The molecule has 0 aromatic heterocycles. The minimum absolute atomic E-state index is 0.345. The molecule has 3 heteroatoms. The van der Waals surface area contributed by atoms with Crippen molar-refractivity contribution >= 4 is 0 Å². The Labute approximate surface area is 123 Å². The lowest BCUT2D eigenvalue weighted by Gasteiger charge is -2.48. The van der Waals surface area contributed by atoms with Gasteiger partial charge in [-0.05, 0) is 70.8 Å². The molecule has 0 saturated heterocycles. The second-order valence-corrected chi connectivity index (χ2v) is 6.46. The van der Waals surface area contributed by atoms with Crippen LogP contribution in [-0.4, -0.2) is 42.2 Å². The predicted octanol–water partition coefficient (Wildman–Crippen LogP) is 2.79. The smallest absolute Gasteiger partial charge is 0.115 e. The summed E-state index contributed by atoms with van der Waals surface area (Å²) in [5, 5.41) is 13.0. The molecule has 1 aliphatic rings. The van der Waals surface area contributed by atoms with Gasteiger partial charge in [0.1, 0.15) is 5.75 Å². The molecule has 0 heterocycles. The first kappa shape index (κ1) is 15.3. The SMILES string of the molecule is CC(CCc1ccc(O)cc1)NCC1(N(C)C)CCC1. The Morgan fingerprint density at radius 1 is 1.25 bits per heavy atom. The van der Waals surface area contributed by atoms with Crippen LogP contribution in [0.3, 0.4) is 0 Å². The zero-order valence-electron chi connectivity index (χ0n) is 13.0. The Balaban J connectivity index is 1.72. The van der Waals surface area contributed by atoms with E-state index in [0.29, 0.717) is 17.3 Å². The molecule has 112 valence electrons. The van der Waals surface area contributed by atoms with Crippen LogP contribution in [0.4, 0.5) is 0 Å². The van der Waals surface area contributed by atoms with E-state index in [4.69, 9.17) is 0 Å². The largest absolute Gasteiger partial charge is 0.508 e. The van der Waals surface area contributed by atoms with Gasteiger partial charge in [0.15, 0.2) is 0 Å². The van der Waals surface area contributed by atoms with Crippen LogP contribution in [0.15, 0.2) is 24.3 Å². The van der Waals surface area contributed by atoms with Gasteiger partial charge in [-0.15, -0.1) is 0 Å². The van der Waals surface area contributed by atoms with Gasteiger partial charge in [0.25, 0.3) is 0 Å². The maximum atomic E-state index is 9.28. The number of phenolic OH excluding ortho intramolecular Hbond substituents is 1. The van der Waals surface area contributed by atoms with Gasteiger partial charge in [-0.1, -0.05) is 12.1 Å². The number of benzene rings is 1. The van der Waals surface area contributed by atoms with E-state index in [1.165, 1.54) is 24.8 Å². The molecule has 2 N–H and O–H groups in total. The minimum Gasteiger partial charge on any atom is -0.508 e. The molecule has 0 amide bonds. The van der Waals surface area contributed by atoms with E-state index in [1.807, 2.05) is 12.1 Å². The van der Waals surface area contributed by atoms with E-state index in [-0.39, 0.29) is 0 Å². The zero-order valence-corrected chi connectivity index (χ0v) is 13.0. The van der Waals surface area contributed by atoms with Crippen LogP contribution >= 0.6 is 0 Å². The van der Waals surface area contributed by atoms with Crippen molar-refractivity contribution in [3.8, 4) is 5.75 Å². The number of hydrogen-bond donors (Lipinski definition) is 2. The van der Waals surface area contributed by atoms with Crippen molar-refractivity contribution < 1.29 is 5.11 Å². The maximum absolute atomic E-state index is 9.28. The summed E-state index contributed by atoms with van der Waals surface area (Å²) in [5.41, 5.74) is 1.69. The fraction of sp³-hybridized carbons (Fsp3) is 0.647. The van der Waals surface area contributed by atoms with E-state index in [9.17, 15) is 5.11 Å². The van der Waals surface area contributed by atoms with Gasteiger partial charge in [0, 0.05) is 18.1 Å². The van der Waals surface area contributed by atoms with Gasteiger partial charge >= 0.3 is 0 Å². The molecule has 0 spiro atoms. The molecule has 1 unspecified atom stereocenters. The van der Waals surface area contributed by atoms with E-state index < -0.39 is 0 Å². The number of hydrogen-bond acceptors (Lipinski definition) is 3. The number of nitrogens with zero attached hydrogens (tertiary/aromatic N) is 1. The summed E-state index contributed by atoms with van der Waals surface area (Å²) in [5.74, 6) is 0.345. The summed E-state index contributed by atoms with van der Waals surface area (Å²) < 4.78 is 0. The summed E-state index contributed by atoms with van der Waals surface area (Å²) in [6, 6.07) is 8.08. The Morgan fingerprint density at radius 3 is 2.40 bits per heavy atom. The van der Waals surface area contributed by atoms with Crippen molar-refractivity contribution in [1.29, 1.82) is 0 Å². The third-order valence-corrected chi connectivity index (χ3v) is 4.81. The first-order chi connectivity index (χ1) is 9.52. The minimum atomic E-state index is 0.345. The van der Waals surface area contributed by atoms with Crippen LogP contribution in [0.5, 0.6) is 5.75 Å². The number of aryl methyl sites for hydroxylation is 1. The van der Waals surface area contributed by atoms with Crippen LogP contribution in [-0.2, 0) is 6.42 Å². The van der Waals surface area contributed by atoms with E-state index in [2.05, 4.69) is 31.2 Å². The first-order valence-corrected chi connectivity index (χ1v) is 7.71. The number of rotatable bonds is 7. The third-order valence-electron chi connectivity index (χ3n) is 4.81. The Kier molecular flexibility index (Phi) is 5.06. The molecule has 1 aliphatic carbocycles. The fourth-order valence-electron chi connectivity index (χ4n) is 2.88. The maximum Gasteiger partial charge on any atom is 0.115 e. The molecule has 1 aromatic carbocycles. The zero-order chi connectivity index (χ0) is 14.6. The van der Waals surface area contributed by atoms with Crippen LogP contribution in [0, 0.1) is 0 Å². The highest BCUT2D eigenvalue weighted by Crippen LogP contribution is 2.35. The van der Waals surface area contributed by atoms with Crippen molar-refractivity contribution in [2.24, 2.45) is 0 Å². The first-order valence-electron chi connectivity index (χ1n) is 7.71. The number of nitrogens with one attached hydrogen (secondary N) is 1. The van der Waals surface area contributed by atoms with E-state index in [1.54, 1.807) is 12.1 Å². The second kappa shape index (κ2) is 6.59. The highest BCUT2D eigenvalue weighted by atomic mass is 16.3. The van der Waals surface area contributed by atoms with Crippen LogP contribution < -0.4 is 5.32 Å². The van der Waals surface area contributed by atoms with Crippen molar-refractivity contribution in [3.05, 3.63) is 29.8 Å². The molecule has 1 saturated carbocycles. The van der Waals surface area contributed by atoms with Crippen LogP contribution in [0.2, 0.25) is 0 Å². The second-order valence-electron chi connectivity index (χ2n) is 6.46. The monoisotopic (exact) mass is 276 g/mol. The highest BCUT2D eigenvalue weighted by Gasteiger charge is 2.38. The molecular formula is C17H28N2O. The normalized spacial score (nSPS) is 18.8. The van der Waals surface area contributed by atoms with Gasteiger partial charge in [-0.25, -0.2) is 0 Å². The highest BCUT2D eigenvalue weighted by molar-refractivity contribution is 5.25. The van der Waals surface area contributed by atoms with Gasteiger partial charge in [-0.3, -0.25) is 0 Å². The van der Waals surface area contributed by atoms with Crippen LogP contribution in [0.25, 0.3) is 0 Å². The van der Waals surface area contributed by atoms with Crippen molar-refractivity contribution in [2.75, 3.05) is 20.6 Å². The molecule has 0 aliphatic heterocycles. The number of likely N-dealkylation sites (N-methyl/N-ethyl adjacent to an activating group) is 1. The summed E-state index contributed by atoms with van der Waals surface area (Å²) in [4.78, 5) is 2.39. The number of phenols is 1. The molecule has 0 radical (unpaired) electrons. The van der Waals surface area contributed by atoms with Crippen LogP contribution in [0.1, 0.15) is 38.2 Å². The van der Waals surface area contributed by atoms with Crippen molar-refractivity contribution in [1.82, 2.24) is 10.2 Å². The lowest BCUT2D eigenvalue weighted by molar-refractivity contribution is 0.0574. The molecular weight excluding hydrogens is 248 g/mol. The van der Waals surface area contributed by atoms with Gasteiger partial charge < -0.3 is 15.3 Å². The summed E-state index contributed by atoms with van der Waals surface area (Å²) in [7, 11) is 4.39. The summed E-state index contributed by atoms with van der Waals surface area (Å²) in [6.45, 7) is 3.36. The Hall–Kier alpha value is -1.06. The van der Waals surface area contributed by atoms with Crippen molar-refractivity contribution in [2.45, 2.75) is 50.6 Å². The van der Waals surface area contributed by atoms with Crippen molar-refractivity contribution in [3.63, 3.8) is 0 Å².